The highest BCUT2D eigenvalue weighted by Crippen LogP contribution is 2.26. The van der Waals surface area contributed by atoms with Crippen molar-refractivity contribution in [3.63, 3.8) is 0 Å². The van der Waals surface area contributed by atoms with Crippen molar-refractivity contribution in [2.24, 2.45) is 0 Å². The molecule has 0 atom stereocenters. The zero-order chi connectivity index (χ0) is 20.6. The Balaban J connectivity index is 1.48. The first kappa shape index (κ1) is 21.4. The molecule has 2 amide bonds. The first-order valence-corrected chi connectivity index (χ1v) is 11.7. The molecule has 150 valence electrons. The van der Waals surface area contributed by atoms with E-state index in [0.29, 0.717) is 15.7 Å². The molecule has 3 rings (SSSR count). The number of nitrogens with one attached hydrogen (secondary N) is 2. The van der Waals surface area contributed by atoms with Gasteiger partial charge in [0.25, 0.3) is 0 Å². The number of para-hydroxylation sites is 1. The van der Waals surface area contributed by atoms with Crippen molar-refractivity contribution in [3.8, 4) is 0 Å². The van der Waals surface area contributed by atoms with Gasteiger partial charge < -0.3 is 10.6 Å². The molecule has 0 spiro atoms. The van der Waals surface area contributed by atoms with Gasteiger partial charge in [-0.3, -0.25) is 9.59 Å². The van der Waals surface area contributed by atoms with Crippen molar-refractivity contribution in [2.75, 3.05) is 22.6 Å². The topological polar surface area (TPSA) is 71.1 Å². The van der Waals surface area contributed by atoms with E-state index in [0.717, 1.165) is 10.6 Å². The number of rotatable bonds is 8. The molecule has 29 heavy (non-hydrogen) atoms. The van der Waals surface area contributed by atoms with E-state index in [1.807, 2.05) is 35.9 Å². The van der Waals surface area contributed by atoms with Crippen molar-refractivity contribution in [2.45, 2.75) is 15.7 Å². The minimum Gasteiger partial charge on any atom is -0.325 e. The second-order valence-corrected chi connectivity index (χ2v) is 8.80. The summed E-state index contributed by atoms with van der Waals surface area (Å²) in [5.41, 5.74) is 1.99. The number of hydrogen-bond donors (Lipinski definition) is 2. The lowest BCUT2D eigenvalue weighted by atomic mass is 10.3. The Morgan fingerprint density at radius 3 is 2.59 bits per heavy atom. The predicted molar refractivity (Wildman–Crippen MR) is 118 cm³/mol. The van der Waals surface area contributed by atoms with Crippen LogP contribution < -0.4 is 10.6 Å². The molecule has 0 aliphatic heterocycles. The van der Waals surface area contributed by atoms with Crippen LogP contribution in [0.2, 0.25) is 0 Å². The third kappa shape index (κ3) is 6.59. The third-order valence-electron chi connectivity index (χ3n) is 3.71. The fourth-order valence-corrected chi connectivity index (χ4v) is 4.60. The number of benzene rings is 2. The van der Waals surface area contributed by atoms with Crippen LogP contribution in [0.15, 0.2) is 63.1 Å². The molecule has 0 saturated heterocycles. The monoisotopic (exact) mass is 447 g/mol. The Morgan fingerprint density at radius 1 is 1.07 bits per heavy atom. The number of thiazole rings is 1. The molecule has 0 bridgehead atoms. The Bertz CT molecular complexity index is 993. The summed E-state index contributed by atoms with van der Waals surface area (Å²) < 4.78 is 13.6. The summed E-state index contributed by atoms with van der Waals surface area (Å²) in [7, 11) is 0. The van der Waals surface area contributed by atoms with Gasteiger partial charge in [0.2, 0.25) is 11.8 Å². The molecule has 0 fully saturated rings. The maximum absolute atomic E-state index is 12.9. The van der Waals surface area contributed by atoms with E-state index in [4.69, 9.17) is 0 Å². The SMILES string of the molecule is CSc1ccccc1NC(=O)Cc1csc(SCC(=O)Nc2ccc(F)cc2)n1. The lowest BCUT2D eigenvalue weighted by Crippen LogP contribution is -2.15. The van der Waals surface area contributed by atoms with Gasteiger partial charge in [-0.1, -0.05) is 23.9 Å². The number of hydrogen-bond acceptors (Lipinski definition) is 6. The zero-order valence-corrected chi connectivity index (χ0v) is 17.9. The number of aromatic nitrogens is 1. The molecular weight excluding hydrogens is 429 g/mol. The van der Waals surface area contributed by atoms with Gasteiger partial charge in [-0.25, -0.2) is 9.37 Å². The summed E-state index contributed by atoms with van der Waals surface area (Å²) in [6.45, 7) is 0. The van der Waals surface area contributed by atoms with Crippen LogP contribution >= 0.6 is 34.9 Å². The van der Waals surface area contributed by atoms with Gasteiger partial charge in [-0.2, -0.15) is 0 Å². The third-order valence-corrected chi connectivity index (χ3v) is 6.57. The van der Waals surface area contributed by atoms with Gasteiger partial charge in [-0.15, -0.1) is 23.1 Å². The molecule has 0 saturated carbocycles. The summed E-state index contributed by atoms with van der Waals surface area (Å²) >= 11 is 4.26. The summed E-state index contributed by atoms with van der Waals surface area (Å²) in [6.07, 6.45) is 2.13. The van der Waals surface area contributed by atoms with Gasteiger partial charge in [0.05, 0.1) is 23.6 Å². The number of carbonyl (C=O) groups excluding carboxylic acids is 2. The van der Waals surface area contributed by atoms with Crippen LogP contribution in [0.3, 0.4) is 0 Å². The van der Waals surface area contributed by atoms with E-state index in [1.165, 1.54) is 47.4 Å². The van der Waals surface area contributed by atoms with Gasteiger partial charge in [-0.05, 0) is 42.7 Å². The molecular formula is C20H18FN3O2S3. The fraction of sp³-hybridized carbons (Fsp3) is 0.150. The molecule has 1 aromatic heterocycles. The lowest BCUT2D eigenvalue weighted by molar-refractivity contribution is -0.116. The summed E-state index contributed by atoms with van der Waals surface area (Å²) in [5.74, 6) is -0.515. The number of amides is 2. The van der Waals surface area contributed by atoms with Crippen LogP contribution in [0.5, 0.6) is 0 Å². The molecule has 5 nitrogen and oxygen atoms in total. The Morgan fingerprint density at radius 2 is 1.83 bits per heavy atom. The van der Waals surface area contributed by atoms with E-state index in [1.54, 1.807) is 11.8 Å². The van der Waals surface area contributed by atoms with Crippen molar-refractivity contribution < 1.29 is 14.0 Å². The molecule has 9 heteroatoms. The fourth-order valence-electron chi connectivity index (χ4n) is 2.40. The van der Waals surface area contributed by atoms with Crippen molar-refractivity contribution in [3.05, 3.63) is 65.4 Å². The second-order valence-electron chi connectivity index (χ2n) is 5.87. The van der Waals surface area contributed by atoms with Crippen LogP contribution in [0.4, 0.5) is 15.8 Å². The summed E-state index contributed by atoms with van der Waals surface area (Å²) in [4.78, 5) is 29.7. The maximum atomic E-state index is 12.9. The minimum absolute atomic E-state index is 0.137. The number of nitrogens with zero attached hydrogens (tertiary/aromatic N) is 1. The van der Waals surface area contributed by atoms with Crippen LogP contribution in [0.1, 0.15) is 5.69 Å². The van der Waals surface area contributed by atoms with E-state index in [-0.39, 0.29) is 29.8 Å². The first-order chi connectivity index (χ1) is 14.0. The van der Waals surface area contributed by atoms with E-state index < -0.39 is 0 Å². The van der Waals surface area contributed by atoms with E-state index in [2.05, 4.69) is 15.6 Å². The minimum atomic E-state index is -0.353. The van der Waals surface area contributed by atoms with E-state index >= 15 is 0 Å². The quantitative estimate of drug-likeness (QED) is 0.480. The molecule has 2 N–H and O–H groups in total. The average molecular weight is 448 g/mol. The van der Waals surface area contributed by atoms with Crippen LogP contribution in [-0.4, -0.2) is 28.8 Å². The highest BCUT2D eigenvalue weighted by molar-refractivity contribution is 8.01. The number of halogens is 1. The van der Waals surface area contributed by atoms with E-state index in [9.17, 15) is 14.0 Å². The van der Waals surface area contributed by atoms with Crippen LogP contribution in [0.25, 0.3) is 0 Å². The number of anilines is 2. The molecule has 3 aromatic rings. The van der Waals surface area contributed by atoms with Gasteiger partial charge in [0, 0.05) is 16.0 Å². The molecule has 0 aliphatic carbocycles. The standard InChI is InChI=1S/C20H18FN3O2S3/c1-27-17-5-3-2-4-16(17)24-18(25)10-15-11-28-20(23-15)29-12-19(26)22-14-8-6-13(21)7-9-14/h2-9,11H,10,12H2,1H3,(H,22,26)(H,24,25). The normalized spacial score (nSPS) is 10.6. The highest BCUT2D eigenvalue weighted by Gasteiger charge is 2.11. The Labute approximate surface area is 180 Å². The Kier molecular flexibility index (Phi) is 7.68. The largest absolute Gasteiger partial charge is 0.325 e. The number of thioether (sulfide) groups is 2. The van der Waals surface area contributed by atoms with Gasteiger partial charge in [0.15, 0.2) is 4.34 Å². The summed E-state index contributed by atoms with van der Waals surface area (Å²) in [6, 6.07) is 13.2. The first-order valence-electron chi connectivity index (χ1n) is 8.59. The van der Waals surface area contributed by atoms with Crippen molar-refractivity contribution >= 4 is 58.0 Å². The van der Waals surface area contributed by atoms with Crippen LogP contribution in [0, 0.1) is 5.82 Å². The second kappa shape index (κ2) is 10.4. The molecule has 0 aliphatic rings. The molecule has 1 heterocycles. The molecule has 0 unspecified atom stereocenters. The van der Waals surface area contributed by atoms with Crippen LogP contribution in [-0.2, 0) is 16.0 Å². The van der Waals surface area contributed by atoms with Crippen molar-refractivity contribution in [1.82, 2.24) is 4.98 Å². The van der Waals surface area contributed by atoms with Gasteiger partial charge in [0.1, 0.15) is 5.82 Å². The number of carbonyl (C=O) groups is 2. The molecule has 0 radical (unpaired) electrons. The smallest absolute Gasteiger partial charge is 0.234 e. The predicted octanol–water partition coefficient (Wildman–Crippen LogP) is 4.92. The van der Waals surface area contributed by atoms with Gasteiger partial charge >= 0.3 is 0 Å². The Hall–Kier alpha value is -2.36. The zero-order valence-electron chi connectivity index (χ0n) is 15.5. The molecule has 2 aromatic carbocycles. The highest BCUT2D eigenvalue weighted by atomic mass is 32.2. The summed E-state index contributed by atoms with van der Waals surface area (Å²) in [5, 5.41) is 7.43. The average Bonchev–Trinajstić information content (AvgIpc) is 3.16. The maximum Gasteiger partial charge on any atom is 0.234 e. The lowest BCUT2D eigenvalue weighted by Gasteiger charge is -2.08. The van der Waals surface area contributed by atoms with Crippen molar-refractivity contribution in [1.29, 1.82) is 0 Å².